The van der Waals surface area contributed by atoms with Crippen LogP contribution >= 0.6 is 0 Å². The number of hydrogen-bond donors (Lipinski definition) is 2. The third-order valence-electron chi connectivity index (χ3n) is 3.59. The second-order valence-electron chi connectivity index (χ2n) is 5.15. The lowest BCUT2D eigenvalue weighted by Crippen LogP contribution is -2.50. The van der Waals surface area contributed by atoms with Gasteiger partial charge in [0.15, 0.2) is 0 Å². The highest BCUT2D eigenvalue weighted by molar-refractivity contribution is 5.74. The zero-order valence-electron chi connectivity index (χ0n) is 9.15. The van der Waals surface area contributed by atoms with E-state index in [1.807, 2.05) is 11.8 Å². The van der Waals surface area contributed by atoms with Gasteiger partial charge >= 0.3 is 5.97 Å². The Morgan fingerprint density at radius 1 is 1.40 bits per heavy atom. The van der Waals surface area contributed by atoms with Crippen molar-refractivity contribution in [3.8, 4) is 0 Å². The van der Waals surface area contributed by atoms with E-state index in [1.54, 1.807) is 0 Å². The molecule has 0 aromatic rings. The predicted molar refractivity (Wildman–Crippen MR) is 55.6 cm³/mol. The molecule has 4 nitrogen and oxygen atoms in total. The van der Waals surface area contributed by atoms with Crippen LogP contribution in [0.1, 0.15) is 32.6 Å². The van der Waals surface area contributed by atoms with E-state index in [-0.39, 0.29) is 6.04 Å². The molecule has 4 heteroatoms. The molecule has 1 heterocycles. The highest BCUT2D eigenvalue weighted by Gasteiger charge is 2.42. The highest BCUT2D eigenvalue weighted by Crippen LogP contribution is 2.37. The van der Waals surface area contributed by atoms with Crippen LogP contribution in [0.5, 0.6) is 0 Å². The Hall–Kier alpha value is -0.610. The number of aliphatic hydroxyl groups is 1. The van der Waals surface area contributed by atoms with E-state index in [1.165, 1.54) is 0 Å². The van der Waals surface area contributed by atoms with Crippen molar-refractivity contribution < 1.29 is 15.0 Å². The molecule has 2 rings (SSSR count). The first-order valence-corrected chi connectivity index (χ1v) is 5.69. The van der Waals surface area contributed by atoms with Crippen LogP contribution in [0, 0.1) is 5.92 Å². The zero-order chi connectivity index (χ0) is 11.1. The minimum atomic E-state index is -0.695. The van der Waals surface area contributed by atoms with Crippen molar-refractivity contribution in [1.29, 1.82) is 0 Å². The maximum Gasteiger partial charge on any atom is 0.321 e. The summed E-state index contributed by atoms with van der Waals surface area (Å²) < 4.78 is 0. The number of hydrogen-bond acceptors (Lipinski definition) is 3. The van der Waals surface area contributed by atoms with E-state index in [4.69, 9.17) is 5.11 Å². The van der Waals surface area contributed by atoms with Gasteiger partial charge < -0.3 is 10.2 Å². The summed E-state index contributed by atoms with van der Waals surface area (Å²) in [6.45, 7) is 3.25. The third kappa shape index (κ3) is 2.49. The quantitative estimate of drug-likeness (QED) is 0.724. The van der Waals surface area contributed by atoms with Crippen LogP contribution in [0.2, 0.25) is 0 Å². The van der Waals surface area contributed by atoms with Crippen LogP contribution < -0.4 is 0 Å². The molecule has 2 N–H and O–H groups in total. The summed E-state index contributed by atoms with van der Waals surface area (Å²) in [5.74, 6) is -0.343. The monoisotopic (exact) mass is 213 g/mol. The smallest absolute Gasteiger partial charge is 0.321 e. The predicted octanol–water partition coefficient (Wildman–Crippen LogP) is 0.696. The molecular weight excluding hydrogens is 194 g/mol. The fraction of sp³-hybridized carbons (Fsp3) is 0.909. The molecule has 0 spiro atoms. The van der Waals surface area contributed by atoms with Gasteiger partial charge in [-0.3, -0.25) is 9.69 Å². The van der Waals surface area contributed by atoms with E-state index in [0.717, 1.165) is 12.8 Å². The molecule has 1 saturated heterocycles. The van der Waals surface area contributed by atoms with Gasteiger partial charge in [-0.1, -0.05) is 0 Å². The van der Waals surface area contributed by atoms with Crippen LogP contribution in [-0.4, -0.2) is 45.8 Å². The van der Waals surface area contributed by atoms with Crippen molar-refractivity contribution in [2.45, 2.75) is 44.2 Å². The van der Waals surface area contributed by atoms with Crippen LogP contribution in [0.4, 0.5) is 0 Å². The average molecular weight is 213 g/mol. The van der Waals surface area contributed by atoms with Gasteiger partial charge in [0.25, 0.3) is 0 Å². The molecule has 0 aromatic heterocycles. The number of carboxylic acid groups (broad SMARTS) is 1. The third-order valence-corrected chi connectivity index (χ3v) is 3.59. The van der Waals surface area contributed by atoms with E-state index in [2.05, 4.69) is 0 Å². The lowest BCUT2D eigenvalue weighted by atomic mass is 9.92. The summed E-state index contributed by atoms with van der Waals surface area (Å²) in [7, 11) is 0. The Bertz CT molecular complexity index is 251. The maximum absolute atomic E-state index is 11.1. The van der Waals surface area contributed by atoms with Crippen molar-refractivity contribution in [3.05, 3.63) is 0 Å². The Morgan fingerprint density at radius 2 is 1.93 bits per heavy atom. The summed E-state index contributed by atoms with van der Waals surface area (Å²) in [4.78, 5) is 13.2. The molecule has 1 aliphatic heterocycles. The molecule has 1 atom stereocenters. The fourth-order valence-corrected chi connectivity index (χ4v) is 2.35. The molecule has 1 aliphatic carbocycles. The molecular formula is C11H19NO3. The summed E-state index contributed by atoms with van der Waals surface area (Å²) in [5, 5.41) is 19.0. The number of aliphatic carboxylic acids is 1. The zero-order valence-corrected chi connectivity index (χ0v) is 9.15. The van der Waals surface area contributed by atoms with Gasteiger partial charge in [0.1, 0.15) is 6.04 Å². The molecule has 0 radical (unpaired) electrons. The average Bonchev–Trinajstić information content (AvgIpc) is 2.92. The van der Waals surface area contributed by atoms with Crippen LogP contribution in [-0.2, 0) is 4.79 Å². The van der Waals surface area contributed by atoms with Gasteiger partial charge in [-0.25, -0.2) is 0 Å². The van der Waals surface area contributed by atoms with Crippen molar-refractivity contribution in [3.63, 3.8) is 0 Å². The lowest BCUT2D eigenvalue weighted by molar-refractivity contribution is -0.146. The number of nitrogens with zero attached hydrogens (tertiary/aromatic N) is 1. The van der Waals surface area contributed by atoms with E-state index in [9.17, 15) is 9.90 Å². The second-order valence-corrected chi connectivity index (χ2v) is 5.15. The minimum Gasteiger partial charge on any atom is -0.480 e. The first-order valence-electron chi connectivity index (χ1n) is 5.69. The number of rotatable bonds is 3. The summed E-state index contributed by atoms with van der Waals surface area (Å²) in [5.41, 5.74) is -0.594. The SMILES string of the molecule is CC1(O)CCN(C(C(=O)O)C2CC2)CC1. The molecule has 1 unspecified atom stereocenters. The minimum absolute atomic E-state index is 0.305. The van der Waals surface area contributed by atoms with Gasteiger partial charge in [-0.15, -0.1) is 0 Å². The van der Waals surface area contributed by atoms with Gasteiger partial charge in [-0.2, -0.15) is 0 Å². The highest BCUT2D eigenvalue weighted by atomic mass is 16.4. The Labute approximate surface area is 89.9 Å². The summed E-state index contributed by atoms with van der Waals surface area (Å²) >= 11 is 0. The van der Waals surface area contributed by atoms with Gasteiger partial charge in [0.05, 0.1) is 5.60 Å². The molecule has 1 saturated carbocycles. The Kier molecular flexibility index (Phi) is 2.73. The first-order chi connectivity index (χ1) is 6.99. The van der Waals surface area contributed by atoms with Crippen LogP contribution in [0.3, 0.4) is 0 Å². The fourth-order valence-electron chi connectivity index (χ4n) is 2.35. The largest absolute Gasteiger partial charge is 0.480 e. The number of carboxylic acids is 1. The molecule has 0 bridgehead atoms. The molecule has 2 aliphatic rings. The second kappa shape index (κ2) is 3.76. The van der Waals surface area contributed by atoms with E-state index in [0.29, 0.717) is 31.8 Å². The maximum atomic E-state index is 11.1. The normalized spacial score (nSPS) is 28.7. The standard InChI is InChI=1S/C11H19NO3/c1-11(15)4-6-12(7-5-11)9(10(13)14)8-2-3-8/h8-9,15H,2-7H2,1H3,(H,13,14). The van der Waals surface area contributed by atoms with Crippen LogP contribution in [0.25, 0.3) is 0 Å². The van der Waals surface area contributed by atoms with E-state index >= 15 is 0 Å². The van der Waals surface area contributed by atoms with Crippen LogP contribution in [0.15, 0.2) is 0 Å². The number of piperidine rings is 1. The summed E-state index contributed by atoms with van der Waals surface area (Å²) in [6, 6.07) is -0.305. The lowest BCUT2D eigenvalue weighted by Gasteiger charge is -2.38. The molecule has 2 fully saturated rings. The summed E-state index contributed by atoms with van der Waals surface area (Å²) in [6.07, 6.45) is 3.46. The van der Waals surface area contributed by atoms with Crippen molar-refractivity contribution in [1.82, 2.24) is 4.90 Å². The van der Waals surface area contributed by atoms with Gasteiger partial charge in [-0.05, 0) is 38.5 Å². The Morgan fingerprint density at radius 3 is 2.33 bits per heavy atom. The van der Waals surface area contributed by atoms with Crippen molar-refractivity contribution >= 4 is 5.97 Å². The van der Waals surface area contributed by atoms with E-state index < -0.39 is 11.6 Å². The first kappa shape index (κ1) is 10.9. The Balaban J connectivity index is 1.95. The number of carbonyl (C=O) groups is 1. The molecule has 15 heavy (non-hydrogen) atoms. The molecule has 86 valence electrons. The molecule has 0 amide bonds. The van der Waals surface area contributed by atoms with Crippen molar-refractivity contribution in [2.24, 2.45) is 5.92 Å². The topological polar surface area (TPSA) is 60.8 Å². The number of likely N-dealkylation sites (tertiary alicyclic amines) is 1. The molecule has 0 aromatic carbocycles. The van der Waals surface area contributed by atoms with Gasteiger partial charge in [0.2, 0.25) is 0 Å². The van der Waals surface area contributed by atoms with Crippen molar-refractivity contribution in [2.75, 3.05) is 13.1 Å². The van der Waals surface area contributed by atoms with Gasteiger partial charge in [0, 0.05) is 13.1 Å².